The first-order valence-electron chi connectivity index (χ1n) is 7.57. The molecule has 0 unspecified atom stereocenters. The van der Waals surface area contributed by atoms with Crippen LogP contribution in [0.1, 0.15) is 33.3 Å². The summed E-state index contributed by atoms with van der Waals surface area (Å²) in [5, 5.41) is 13.2. The number of ether oxygens (including phenoxy) is 1. The molecule has 0 aliphatic heterocycles. The van der Waals surface area contributed by atoms with E-state index in [0.29, 0.717) is 6.42 Å². The van der Waals surface area contributed by atoms with E-state index in [9.17, 15) is 9.90 Å². The van der Waals surface area contributed by atoms with Crippen molar-refractivity contribution in [3.8, 4) is 0 Å². The van der Waals surface area contributed by atoms with Gasteiger partial charge in [-0.15, -0.1) is 6.58 Å². The van der Waals surface area contributed by atoms with Crippen LogP contribution in [0.15, 0.2) is 43.0 Å². The lowest BCUT2D eigenvalue weighted by Crippen LogP contribution is -2.48. The van der Waals surface area contributed by atoms with E-state index < -0.39 is 23.8 Å². The molecule has 1 aromatic carbocycles. The molecule has 0 fully saturated rings. The van der Waals surface area contributed by atoms with Crippen LogP contribution < -0.4 is 5.32 Å². The van der Waals surface area contributed by atoms with Crippen molar-refractivity contribution < 1.29 is 14.6 Å². The van der Waals surface area contributed by atoms with E-state index in [1.807, 2.05) is 58.0 Å². The van der Waals surface area contributed by atoms with E-state index in [2.05, 4.69) is 11.9 Å². The summed E-state index contributed by atoms with van der Waals surface area (Å²) >= 11 is 0. The zero-order valence-electron chi connectivity index (χ0n) is 13.9. The standard InChI is InChI=1S/C18H27NO3/c1-6-13(2)16(20)15(12-14-10-8-7-9-11-14)19-17(21)22-18(3,4)5/h6-11,13,15-16,20H,1,12H2,2-5H3,(H,19,21)/t13-,15+,16+/m1/s1. The van der Waals surface area contributed by atoms with Gasteiger partial charge in [0.1, 0.15) is 5.60 Å². The van der Waals surface area contributed by atoms with Gasteiger partial charge in [-0.25, -0.2) is 4.79 Å². The number of hydrogen-bond acceptors (Lipinski definition) is 3. The highest BCUT2D eigenvalue weighted by Gasteiger charge is 2.27. The fraction of sp³-hybridized carbons (Fsp3) is 0.500. The molecule has 4 heteroatoms. The minimum absolute atomic E-state index is 0.136. The molecule has 22 heavy (non-hydrogen) atoms. The Morgan fingerprint density at radius 1 is 1.36 bits per heavy atom. The molecule has 0 aromatic heterocycles. The number of aliphatic hydroxyl groups excluding tert-OH is 1. The summed E-state index contributed by atoms with van der Waals surface area (Å²) in [7, 11) is 0. The van der Waals surface area contributed by atoms with E-state index in [1.54, 1.807) is 6.08 Å². The van der Waals surface area contributed by atoms with Crippen molar-refractivity contribution in [2.24, 2.45) is 5.92 Å². The smallest absolute Gasteiger partial charge is 0.407 e. The average molecular weight is 305 g/mol. The van der Waals surface area contributed by atoms with Gasteiger partial charge in [0.05, 0.1) is 12.1 Å². The van der Waals surface area contributed by atoms with Crippen LogP contribution in [0.4, 0.5) is 4.79 Å². The number of nitrogens with one attached hydrogen (secondary N) is 1. The number of carbonyl (C=O) groups is 1. The number of aliphatic hydroxyl groups is 1. The predicted molar refractivity (Wildman–Crippen MR) is 88.7 cm³/mol. The van der Waals surface area contributed by atoms with E-state index >= 15 is 0 Å². The lowest BCUT2D eigenvalue weighted by molar-refractivity contribution is 0.0379. The Morgan fingerprint density at radius 2 is 1.95 bits per heavy atom. The molecule has 3 atom stereocenters. The van der Waals surface area contributed by atoms with Gasteiger partial charge in [-0.05, 0) is 32.8 Å². The number of carbonyl (C=O) groups excluding carboxylic acids is 1. The lowest BCUT2D eigenvalue weighted by atomic mass is 9.93. The minimum atomic E-state index is -0.731. The van der Waals surface area contributed by atoms with Crippen molar-refractivity contribution in [1.82, 2.24) is 5.32 Å². The molecule has 0 saturated carbocycles. The van der Waals surface area contributed by atoms with Crippen LogP contribution >= 0.6 is 0 Å². The van der Waals surface area contributed by atoms with Crippen molar-refractivity contribution in [2.75, 3.05) is 0 Å². The molecule has 0 bridgehead atoms. The molecule has 1 amide bonds. The number of amides is 1. The van der Waals surface area contributed by atoms with E-state index in [-0.39, 0.29) is 5.92 Å². The first-order chi connectivity index (χ1) is 10.2. The molecule has 0 radical (unpaired) electrons. The van der Waals surface area contributed by atoms with Crippen LogP contribution in [0.5, 0.6) is 0 Å². The Balaban J connectivity index is 2.82. The molecule has 0 saturated heterocycles. The van der Waals surface area contributed by atoms with Crippen LogP contribution in [-0.4, -0.2) is 28.9 Å². The molecule has 0 spiro atoms. The highest BCUT2D eigenvalue weighted by molar-refractivity contribution is 5.68. The van der Waals surface area contributed by atoms with Gasteiger partial charge in [-0.2, -0.15) is 0 Å². The van der Waals surface area contributed by atoms with E-state index in [0.717, 1.165) is 5.56 Å². The fourth-order valence-corrected chi connectivity index (χ4v) is 2.09. The van der Waals surface area contributed by atoms with Gasteiger partial charge in [-0.3, -0.25) is 0 Å². The first kappa shape index (κ1) is 18.2. The summed E-state index contributed by atoms with van der Waals surface area (Å²) in [6, 6.07) is 9.30. The topological polar surface area (TPSA) is 58.6 Å². The molecule has 1 aromatic rings. The number of benzene rings is 1. The van der Waals surface area contributed by atoms with Gasteiger partial charge >= 0.3 is 6.09 Å². The van der Waals surface area contributed by atoms with Crippen LogP contribution in [0.25, 0.3) is 0 Å². The van der Waals surface area contributed by atoms with Crippen LogP contribution in [-0.2, 0) is 11.2 Å². The number of hydrogen-bond donors (Lipinski definition) is 2. The summed E-state index contributed by atoms with van der Waals surface area (Å²) in [5.41, 5.74) is 0.468. The molecule has 0 heterocycles. The predicted octanol–water partition coefficient (Wildman–Crippen LogP) is 3.31. The first-order valence-corrected chi connectivity index (χ1v) is 7.57. The summed E-state index contributed by atoms with van der Waals surface area (Å²) in [6.07, 6.45) is 0.952. The molecule has 2 N–H and O–H groups in total. The zero-order valence-corrected chi connectivity index (χ0v) is 13.9. The van der Waals surface area contributed by atoms with Crippen LogP contribution in [0.3, 0.4) is 0 Å². The maximum atomic E-state index is 12.0. The Morgan fingerprint density at radius 3 is 2.45 bits per heavy atom. The van der Waals surface area contributed by atoms with Crippen molar-refractivity contribution in [2.45, 2.75) is 51.9 Å². The molecule has 122 valence electrons. The van der Waals surface area contributed by atoms with Crippen molar-refractivity contribution in [1.29, 1.82) is 0 Å². The SMILES string of the molecule is C=C[C@@H](C)[C@H](O)[C@H](Cc1ccccc1)NC(=O)OC(C)(C)C. The van der Waals surface area contributed by atoms with E-state index in [1.165, 1.54) is 0 Å². The average Bonchev–Trinajstić information content (AvgIpc) is 2.44. The third-order valence-electron chi connectivity index (χ3n) is 3.32. The Kier molecular flexibility index (Phi) is 6.62. The second-order valence-corrected chi connectivity index (χ2v) is 6.53. The van der Waals surface area contributed by atoms with E-state index in [4.69, 9.17) is 4.74 Å². The maximum absolute atomic E-state index is 12.0. The lowest BCUT2D eigenvalue weighted by Gasteiger charge is -2.29. The highest BCUT2D eigenvalue weighted by atomic mass is 16.6. The van der Waals surface area contributed by atoms with Crippen molar-refractivity contribution in [3.05, 3.63) is 48.6 Å². The largest absolute Gasteiger partial charge is 0.444 e. The summed E-state index contributed by atoms with van der Waals surface area (Å²) in [6.45, 7) is 11.0. The normalized spacial score (nSPS) is 15.5. The zero-order chi connectivity index (χ0) is 16.8. The Hall–Kier alpha value is -1.81. The van der Waals surface area contributed by atoms with Crippen LogP contribution in [0.2, 0.25) is 0 Å². The quantitative estimate of drug-likeness (QED) is 0.793. The van der Waals surface area contributed by atoms with Crippen molar-refractivity contribution in [3.63, 3.8) is 0 Å². The Bertz CT molecular complexity index is 479. The molecule has 0 aliphatic carbocycles. The summed E-state index contributed by atoms with van der Waals surface area (Å²) in [5.74, 6) is -0.136. The van der Waals surface area contributed by atoms with Gasteiger partial charge in [-0.1, -0.05) is 43.3 Å². The maximum Gasteiger partial charge on any atom is 0.407 e. The molecular weight excluding hydrogens is 278 g/mol. The summed E-state index contributed by atoms with van der Waals surface area (Å²) < 4.78 is 5.28. The van der Waals surface area contributed by atoms with Gasteiger partial charge in [0.25, 0.3) is 0 Å². The molecule has 4 nitrogen and oxygen atoms in total. The van der Waals surface area contributed by atoms with Gasteiger partial charge < -0.3 is 15.2 Å². The number of rotatable bonds is 6. The van der Waals surface area contributed by atoms with Gasteiger partial charge in [0.15, 0.2) is 0 Å². The molecular formula is C18H27NO3. The third-order valence-corrected chi connectivity index (χ3v) is 3.32. The minimum Gasteiger partial charge on any atom is -0.444 e. The third kappa shape index (κ3) is 6.31. The fourth-order valence-electron chi connectivity index (χ4n) is 2.09. The van der Waals surface area contributed by atoms with Crippen molar-refractivity contribution >= 4 is 6.09 Å². The molecule has 1 rings (SSSR count). The number of alkyl carbamates (subject to hydrolysis) is 1. The monoisotopic (exact) mass is 305 g/mol. The summed E-state index contributed by atoms with van der Waals surface area (Å²) in [4.78, 5) is 12.0. The van der Waals surface area contributed by atoms with Crippen LogP contribution in [0, 0.1) is 5.92 Å². The second-order valence-electron chi connectivity index (χ2n) is 6.53. The second kappa shape index (κ2) is 7.99. The van der Waals surface area contributed by atoms with Gasteiger partial charge in [0, 0.05) is 5.92 Å². The van der Waals surface area contributed by atoms with Gasteiger partial charge in [0.2, 0.25) is 0 Å². The molecule has 0 aliphatic rings. The Labute approximate surface area is 133 Å². The highest BCUT2D eigenvalue weighted by Crippen LogP contribution is 2.15.